The van der Waals surface area contributed by atoms with Gasteiger partial charge in [0.2, 0.25) is 0 Å². The molecule has 18 heavy (non-hydrogen) atoms. The average Bonchev–Trinajstić information content (AvgIpc) is 2.40. The Bertz CT molecular complexity index is 298. The minimum atomic E-state index is 0.345. The summed E-state index contributed by atoms with van der Waals surface area (Å²) in [4.78, 5) is 11.5. The molecule has 0 radical (unpaired) electrons. The van der Waals surface area contributed by atoms with Crippen LogP contribution in [0.15, 0.2) is 11.6 Å². The molecule has 0 aromatic heterocycles. The molecule has 0 bridgehead atoms. The van der Waals surface area contributed by atoms with Gasteiger partial charge in [0.15, 0.2) is 5.78 Å². The van der Waals surface area contributed by atoms with Crippen LogP contribution in [0.5, 0.6) is 0 Å². The zero-order valence-corrected chi connectivity index (χ0v) is 11.6. The van der Waals surface area contributed by atoms with Gasteiger partial charge >= 0.3 is 0 Å². The smallest absolute Gasteiger partial charge is 0.155 e. The molecule has 0 saturated heterocycles. The summed E-state index contributed by atoms with van der Waals surface area (Å²) in [6.45, 7) is 3.12. The summed E-state index contributed by atoms with van der Waals surface area (Å²) in [5.41, 5.74) is 1.43. The maximum atomic E-state index is 11.5. The maximum absolute atomic E-state index is 11.5. The Kier molecular flexibility index (Phi) is 5.43. The summed E-state index contributed by atoms with van der Waals surface area (Å²) < 4.78 is 5.89. The van der Waals surface area contributed by atoms with E-state index in [0.717, 1.165) is 25.9 Å². The monoisotopic (exact) mass is 250 g/mol. The Morgan fingerprint density at radius 3 is 2.67 bits per heavy atom. The predicted octanol–water partition coefficient (Wildman–Crippen LogP) is 4.04. The number of carbonyl (C=O) groups excluding carboxylic acids is 1. The summed E-state index contributed by atoms with van der Waals surface area (Å²) in [6.07, 6.45) is 12.6. The van der Waals surface area contributed by atoms with Crippen LogP contribution in [-0.2, 0) is 9.53 Å². The van der Waals surface area contributed by atoms with Crippen LogP contribution in [0.1, 0.15) is 64.7 Å². The molecule has 0 aliphatic heterocycles. The van der Waals surface area contributed by atoms with E-state index in [1.54, 1.807) is 0 Å². The van der Waals surface area contributed by atoms with Gasteiger partial charge in [0.05, 0.1) is 6.10 Å². The molecule has 0 aromatic rings. The molecule has 0 N–H and O–H groups in total. The van der Waals surface area contributed by atoms with Gasteiger partial charge in [-0.25, -0.2) is 0 Å². The normalized spacial score (nSPS) is 29.2. The molecule has 2 aliphatic rings. The first-order valence-corrected chi connectivity index (χ1v) is 7.64. The van der Waals surface area contributed by atoms with Crippen molar-refractivity contribution in [1.29, 1.82) is 0 Å². The van der Waals surface area contributed by atoms with Crippen molar-refractivity contribution in [3.63, 3.8) is 0 Å². The van der Waals surface area contributed by atoms with Crippen LogP contribution in [0.2, 0.25) is 0 Å². The number of allylic oxidation sites excluding steroid dienone is 2. The summed E-state index contributed by atoms with van der Waals surface area (Å²) in [6, 6.07) is 0. The van der Waals surface area contributed by atoms with Crippen LogP contribution >= 0.6 is 0 Å². The van der Waals surface area contributed by atoms with E-state index in [-0.39, 0.29) is 0 Å². The average molecular weight is 250 g/mol. The molecule has 0 unspecified atom stereocenters. The van der Waals surface area contributed by atoms with Crippen LogP contribution in [0.3, 0.4) is 0 Å². The Morgan fingerprint density at radius 2 is 2.00 bits per heavy atom. The van der Waals surface area contributed by atoms with E-state index < -0.39 is 0 Å². The lowest BCUT2D eigenvalue weighted by Gasteiger charge is -2.31. The largest absolute Gasteiger partial charge is 0.378 e. The van der Waals surface area contributed by atoms with Gasteiger partial charge in [-0.15, -0.1) is 0 Å². The van der Waals surface area contributed by atoms with Crippen molar-refractivity contribution < 1.29 is 9.53 Å². The van der Waals surface area contributed by atoms with E-state index in [2.05, 4.69) is 6.92 Å². The van der Waals surface area contributed by atoms with E-state index in [9.17, 15) is 4.79 Å². The molecule has 102 valence electrons. The van der Waals surface area contributed by atoms with Crippen molar-refractivity contribution in [3.8, 4) is 0 Å². The molecule has 2 rings (SSSR count). The number of carbonyl (C=O) groups is 1. The van der Waals surface area contributed by atoms with Gasteiger partial charge in [0.1, 0.15) is 0 Å². The van der Waals surface area contributed by atoms with Gasteiger partial charge < -0.3 is 4.74 Å². The first-order chi connectivity index (χ1) is 8.79. The highest BCUT2D eigenvalue weighted by Crippen LogP contribution is 2.35. The molecule has 1 saturated carbocycles. The fourth-order valence-electron chi connectivity index (χ4n) is 3.13. The Hall–Kier alpha value is -0.630. The molecule has 0 aromatic carbocycles. The third kappa shape index (κ3) is 3.94. The van der Waals surface area contributed by atoms with Crippen molar-refractivity contribution in [2.45, 2.75) is 70.8 Å². The second-order valence-corrected chi connectivity index (χ2v) is 5.74. The fourth-order valence-corrected chi connectivity index (χ4v) is 3.13. The van der Waals surface area contributed by atoms with Gasteiger partial charge in [0, 0.05) is 13.0 Å². The maximum Gasteiger partial charge on any atom is 0.155 e. The summed E-state index contributed by atoms with van der Waals surface area (Å²) in [7, 11) is 0. The van der Waals surface area contributed by atoms with Crippen molar-refractivity contribution in [1.82, 2.24) is 0 Å². The molecular formula is C16H26O2. The van der Waals surface area contributed by atoms with Crippen molar-refractivity contribution in [3.05, 3.63) is 11.6 Å². The number of ether oxygens (including phenoxy) is 1. The third-order valence-electron chi connectivity index (χ3n) is 4.29. The topological polar surface area (TPSA) is 26.3 Å². The van der Waals surface area contributed by atoms with Gasteiger partial charge in [-0.1, -0.05) is 18.9 Å². The molecule has 0 heterocycles. The summed E-state index contributed by atoms with van der Waals surface area (Å²) >= 11 is 0. The van der Waals surface area contributed by atoms with Gasteiger partial charge in [-0.2, -0.15) is 0 Å². The second kappa shape index (κ2) is 7.08. The number of rotatable bonds is 5. The molecule has 0 spiro atoms. The second-order valence-electron chi connectivity index (χ2n) is 5.74. The van der Waals surface area contributed by atoms with Crippen molar-refractivity contribution in [2.75, 3.05) is 6.61 Å². The van der Waals surface area contributed by atoms with Gasteiger partial charge in [-0.05, 0) is 56.9 Å². The Balaban J connectivity index is 1.74. The van der Waals surface area contributed by atoms with E-state index in [4.69, 9.17) is 4.74 Å². The zero-order chi connectivity index (χ0) is 12.8. The van der Waals surface area contributed by atoms with E-state index in [1.165, 1.54) is 44.1 Å². The van der Waals surface area contributed by atoms with Gasteiger partial charge in [0.25, 0.3) is 0 Å². The highest BCUT2D eigenvalue weighted by atomic mass is 16.5. The quantitative estimate of drug-likeness (QED) is 0.688. The van der Waals surface area contributed by atoms with Crippen LogP contribution in [0.4, 0.5) is 0 Å². The standard InChI is InChI=1S/C16H26O2/c1-2-3-11-18-16-9-7-13(8-10-16)14-5-4-6-15(17)12-14/h12-13,16H,2-11H2,1H3/t13-,16-. The van der Waals surface area contributed by atoms with Crippen LogP contribution in [0.25, 0.3) is 0 Å². The molecule has 2 aliphatic carbocycles. The number of hydrogen-bond donors (Lipinski definition) is 0. The predicted molar refractivity (Wildman–Crippen MR) is 73.5 cm³/mol. The molecule has 1 fully saturated rings. The lowest BCUT2D eigenvalue weighted by molar-refractivity contribution is -0.115. The van der Waals surface area contributed by atoms with E-state index in [1.807, 2.05) is 6.08 Å². The van der Waals surface area contributed by atoms with E-state index in [0.29, 0.717) is 17.8 Å². The lowest BCUT2D eigenvalue weighted by Crippen LogP contribution is -2.24. The van der Waals surface area contributed by atoms with E-state index >= 15 is 0 Å². The van der Waals surface area contributed by atoms with Crippen LogP contribution < -0.4 is 0 Å². The van der Waals surface area contributed by atoms with Crippen molar-refractivity contribution >= 4 is 5.78 Å². The minimum absolute atomic E-state index is 0.345. The summed E-state index contributed by atoms with van der Waals surface area (Å²) in [5.74, 6) is 1.01. The third-order valence-corrected chi connectivity index (χ3v) is 4.29. The summed E-state index contributed by atoms with van der Waals surface area (Å²) in [5, 5.41) is 0. The lowest BCUT2D eigenvalue weighted by atomic mass is 9.78. The molecule has 0 atom stereocenters. The molecular weight excluding hydrogens is 224 g/mol. The van der Waals surface area contributed by atoms with Gasteiger partial charge in [-0.3, -0.25) is 4.79 Å². The minimum Gasteiger partial charge on any atom is -0.378 e. The number of unbranched alkanes of at least 4 members (excludes halogenated alkanes) is 1. The van der Waals surface area contributed by atoms with Crippen LogP contribution in [0, 0.1) is 5.92 Å². The first-order valence-electron chi connectivity index (χ1n) is 7.64. The van der Waals surface area contributed by atoms with Crippen LogP contribution in [-0.4, -0.2) is 18.5 Å². The number of hydrogen-bond acceptors (Lipinski definition) is 2. The first kappa shape index (κ1) is 13.8. The highest BCUT2D eigenvalue weighted by Gasteiger charge is 2.25. The Labute approximate surface area is 111 Å². The fraction of sp³-hybridized carbons (Fsp3) is 0.812. The SMILES string of the molecule is CCCCO[C@H]1CC[C@H](C2=CC(=O)CCC2)CC1. The molecule has 2 nitrogen and oxygen atoms in total. The zero-order valence-electron chi connectivity index (χ0n) is 11.6. The van der Waals surface area contributed by atoms with Crippen molar-refractivity contribution in [2.24, 2.45) is 5.92 Å². The molecule has 2 heteroatoms. The molecule has 0 amide bonds. The number of ketones is 1. The highest BCUT2D eigenvalue weighted by molar-refractivity contribution is 5.91. The Morgan fingerprint density at radius 1 is 1.22 bits per heavy atom.